The minimum atomic E-state index is -0.199. The lowest BCUT2D eigenvalue weighted by molar-refractivity contribution is 0.619. The van der Waals surface area contributed by atoms with Crippen molar-refractivity contribution in [3.63, 3.8) is 0 Å². The lowest BCUT2D eigenvalue weighted by Gasteiger charge is -1.95. The summed E-state index contributed by atoms with van der Waals surface area (Å²) in [6.07, 6.45) is 0. The first-order valence-corrected chi connectivity index (χ1v) is 4.41. The number of halogens is 2. The first kappa shape index (κ1) is 10.6. The van der Waals surface area contributed by atoms with E-state index in [2.05, 4.69) is 15.9 Å². The molecule has 1 rings (SSSR count). The van der Waals surface area contributed by atoms with Gasteiger partial charge in [0, 0.05) is 0 Å². The molecule has 0 amide bonds. The zero-order chi connectivity index (χ0) is 8.85. The smallest absolute Gasteiger partial charge is 0.137 e. The van der Waals surface area contributed by atoms with Crippen molar-refractivity contribution in [2.45, 2.75) is 20.8 Å². The first-order chi connectivity index (χ1) is 5.22. The number of benzene rings is 1. The maximum atomic E-state index is 12.5. The number of rotatable bonds is 0. The van der Waals surface area contributed by atoms with Crippen LogP contribution in [0.15, 0.2) is 22.7 Å². The molecule has 1 aromatic carbocycles. The Kier molecular flexibility index (Phi) is 5.12. The van der Waals surface area contributed by atoms with Gasteiger partial charge >= 0.3 is 0 Å². The Hall–Kier alpha value is -0.370. The van der Waals surface area contributed by atoms with Crippen LogP contribution in [0.5, 0.6) is 0 Å². The molecular formula is C9H12BrF. The van der Waals surface area contributed by atoms with Gasteiger partial charge in [0.25, 0.3) is 0 Å². The van der Waals surface area contributed by atoms with Crippen LogP contribution in [0.1, 0.15) is 19.4 Å². The van der Waals surface area contributed by atoms with E-state index in [1.165, 1.54) is 6.07 Å². The standard InChI is InChI=1S/C7H6BrF.C2H6/c1-5-3-2-4-6(9)7(5)8;1-2/h2-4H,1H3;1-2H3. The molecular weight excluding hydrogens is 207 g/mol. The molecule has 11 heavy (non-hydrogen) atoms. The summed E-state index contributed by atoms with van der Waals surface area (Å²) in [4.78, 5) is 0. The predicted octanol–water partition coefficient (Wildman–Crippen LogP) is 3.92. The second-order valence-corrected chi connectivity index (χ2v) is 2.66. The van der Waals surface area contributed by atoms with E-state index in [0.717, 1.165) is 5.56 Å². The molecule has 1 aromatic rings. The van der Waals surface area contributed by atoms with Gasteiger partial charge in [-0.15, -0.1) is 0 Å². The van der Waals surface area contributed by atoms with Crippen molar-refractivity contribution in [3.05, 3.63) is 34.1 Å². The van der Waals surface area contributed by atoms with Gasteiger partial charge in [0.2, 0.25) is 0 Å². The average Bonchev–Trinajstić information content (AvgIpc) is 2.04. The third kappa shape index (κ3) is 3.02. The van der Waals surface area contributed by atoms with Gasteiger partial charge in [0.1, 0.15) is 5.82 Å². The van der Waals surface area contributed by atoms with E-state index < -0.39 is 0 Å². The Balaban J connectivity index is 0.000000461. The van der Waals surface area contributed by atoms with Crippen LogP contribution in [0, 0.1) is 12.7 Å². The summed E-state index contributed by atoms with van der Waals surface area (Å²) in [5.41, 5.74) is 0.926. The number of hydrogen-bond acceptors (Lipinski definition) is 0. The summed E-state index contributed by atoms with van der Waals surface area (Å²) in [5, 5.41) is 0. The molecule has 62 valence electrons. The van der Waals surface area contributed by atoms with E-state index in [9.17, 15) is 4.39 Å². The molecule has 0 atom stereocenters. The highest BCUT2D eigenvalue weighted by Crippen LogP contribution is 2.18. The number of hydrogen-bond donors (Lipinski definition) is 0. The molecule has 0 aliphatic heterocycles. The SMILES string of the molecule is CC.Cc1cccc(F)c1Br. The lowest BCUT2D eigenvalue weighted by Crippen LogP contribution is -1.79. The van der Waals surface area contributed by atoms with E-state index in [1.807, 2.05) is 26.8 Å². The van der Waals surface area contributed by atoms with Crippen LogP contribution >= 0.6 is 15.9 Å². The van der Waals surface area contributed by atoms with Gasteiger partial charge in [0.15, 0.2) is 0 Å². The van der Waals surface area contributed by atoms with Crippen LogP contribution in [-0.4, -0.2) is 0 Å². The molecule has 0 radical (unpaired) electrons. The minimum absolute atomic E-state index is 0.199. The molecule has 0 aliphatic rings. The maximum Gasteiger partial charge on any atom is 0.137 e. The highest BCUT2D eigenvalue weighted by Gasteiger charge is 1.97. The van der Waals surface area contributed by atoms with Crippen LogP contribution in [0.2, 0.25) is 0 Å². The lowest BCUT2D eigenvalue weighted by atomic mass is 10.2. The fraction of sp³-hybridized carbons (Fsp3) is 0.333. The summed E-state index contributed by atoms with van der Waals surface area (Å²) in [6.45, 7) is 5.85. The maximum absolute atomic E-state index is 12.5. The van der Waals surface area contributed by atoms with Crippen molar-refractivity contribution < 1.29 is 4.39 Å². The summed E-state index contributed by atoms with van der Waals surface area (Å²) in [7, 11) is 0. The van der Waals surface area contributed by atoms with Gasteiger partial charge in [-0.1, -0.05) is 26.0 Å². The predicted molar refractivity (Wildman–Crippen MR) is 50.2 cm³/mol. The minimum Gasteiger partial charge on any atom is -0.206 e. The Morgan fingerprint density at radius 3 is 2.18 bits per heavy atom. The Morgan fingerprint density at radius 1 is 1.27 bits per heavy atom. The highest BCUT2D eigenvalue weighted by molar-refractivity contribution is 9.10. The third-order valence-corrected chi connectivity index (χ3v) is 2.15. The summed E-state index contributed by atoms with van der Waals surface area (Å²) >= 11 is 3.10. The van der Waals surface area contributed by atoms with Gasteiger partial charge in [-0.05, 0) is 34.5 Å². The average molecular weight is 219 g/mol. The van der Waals surface area contributed by atoms with E-state index in [-0.39, 0.29) is 5.82 Å². The Bertz CT molecular complexity index is 201. The first-order valence-electron chi connectivity index (χ1n) is 3.62. The van der Waals surface area contributed by atoms with Crippen molar-refractivity contribution in [1.82, 2.24) is 0 Å². The van der Waals surface area contributed by atoms with Gasteiger partial charge in [0.05, 0.1) is 4.47 Å². The molecule has 0 aliphatic carbocycles. The molecule has 0 saturated carbocycles. The molecule has 0 heterocycles. The van der Waals surface area contributed by atoms with Crippen LogP contribution in [0.3, 0.4) is 0 Å². The summed E-state index contributed by atoms with van der Waals surface area (Å²) in [5.74, 6) is -0.199. The molecule has 0 aromatic heterocycles. The zero-order valence-corrected chi connectivity index (χ0v) is 8.57. The summed E-state index contributed by atoms with van der Waals surface area (Å²) < 4.78 is 13.1. The quantitative estimate of drug-likeness (QED) is 0.620. The topological polar surface area (TPSA) is 0 Å². The molecule has 0 nitrogen and oxygen atoms in total. The second-order valence-electron chi connectivity index (χ2n) is 1.87. The van der Waals surface area contributed by atoms with Gasteiger partial charge in [-0.25, -0.2) is 4.39 Å². The van der Waals surface area contributed by atoms with Gasteiger partial charge in [-0.2, -0.15) is 0 Å². The molecule has 0 saturated heterocycles. The van der Waals surface area contributed by atoms with E-state index in [1.54, 1.807) is 6.07 Å². The fourth-order valence-electron chi connectivity index (χ4n) is 0.612. The van der Waals surface area contributed by atoms with Crippen molar-refractivity contribution >= 4 is 15.9 Å². The van der Waals surface area contributed by atoms with Crippen molar-refractivity contribution in [2.24, 2.45) is 0 Å². The monoisotopic (exact) mass is 218 g/mol. The third-order valence-electron chi connectivity index (χ3n) is 1.14. The van der Waals surface area contributed by atoms with Gasteiger partial charge in [-0.3, -0.25) is 0 Å². The molecule has 0 N–H and O–H groups in total. The van der Waals surface area contributed by atoms with E-state index in [4.69, 9.17) is 0 Å². The fourth-order valence-corrected chi connectivity index (χ4v) is 0.876. The van der Waals surface area contributed by atoms with Crippen LogP contribution in [-0.2, 0) is 0 Å². The van der Waals surface area contributed by atoms with Crippen LogP contribution in [0.25, 0.3) is 0 Å². The Labute approximate surface area is 75.6 Å². The van der Waals surface area contributed by atoms with Gasteiger partial charge < -0.3 is 0 Å². The molecule has 0 unspecified atom stereocenters. The molecule has 0 bridgehead atoms. The normalized spacial score (nSPS) is 8.45. The largest absolute Gasteiger partial charge is 0.206 e. The van der Waals surface area contributed by atoms with Crippen LogP contribution in [0.4, 0.5) is 4.39 Å². The van der Waals surface area contributed by atoms with Crippen LogP contribution < -0.4 is 0 Å². The number of aryl methyl sites for hydroxylation is 1. The van der Waals surface area contributed by atoms with Crippen molar-refractivity contribution in [2.75, 3.05) is 0 Å². The van der Waals surface area contributed by atoms with Crippen molar-refractivity contribution in [1.29, 1.82) is 0 Å². The van der Waals surface area contributed by atoms with Crippen molar-refractivity contribution in [3.8, 4) is 0 Å². The Morgan fingerprint density at radius 2 is 1.82 bits per heavy atom. The zero-order valence-electron chi connectivity index (χ0n) is 6.99. The molecule has 2 heteroatoms. The summed E-state index contributed by atoms with van der Waals surface area (Å²) in [6, 6.07) is 4.97. The molecule has 0 fully saturated rings. The molecule has 0 spiro atoms. The van der Waals surface area contributed by atoms with E-state index in [0.29, 0.717) is 4.47 Å². The van der Waals surface area contributed by atoms with E-state index >= 15 is 0 Å². The highest BCUT2D eigenvalue weighted by atomic mass is 79.9. The second kappa shape index (κ2) is 5.30.